The van der Waals surface area contributed by atoms with Crippen molar-refractivity contribution < 1.29 is 19.0 Å². The third-order valence-corrected chi connectivity index (χ3v) is 3.39. The third kappa shape index (κ3) is 5.50. The predicted octanol–water partition coefficient (Wildman–Crippen LogP) is 4.16. The zero-order chi connectivity index (χ0) is 16.8. The van der Waals surface area contributed by atoms with E-state index >= 15 is 0 Å². The van der Waals surface area contributed by atoms with Crippen molar-refractivity contribution >= 4 is 8.32 Å². The second kappa shape index (κ2) is 7.52. The van der Waals surface area contributed by atoms with E-state index in [9.17, 15) is 5.11 Å². The Labute approximate surface area is 131 Å². The molecule has 0 fully saturated rings. The quantitative estimate of drug-likeness (QED) is 0.353. The highest BCUT2D eigenvalue weighted by molar-refractivity contribution is 6.70. The minimum absolute atomic E-state index is 0.0777. The number of ether oxygens (including phenoxy) is 2. The monoisotopic (exact) mass is 321 g/mol. The Kier molecular flexibility index (Phi) is 6.01. The van der Waals surface area contributed by atoms with Gasteiger partial charge >= 0.3 is 11.6 Å². The third-order valence-electron chi connectivity index (χ3n) is 2.53. The van der Waals surface area contributed by atoms with Crippen LogP contribution >= 0.6 is 0 Å². The second-order valence-corrected chi connectivity index (χ2v) is 9.96. The van der Waals surface area contributed by atoms with Crippen molar-refractivity contribution in [2.75, 3.05) is 7.11 Å². The van der Waals surface area contributed by atoms with Crippen molar-refractivity contribution in [3.8, 4) is 5.75 Å². The number of hydrogen-bond donors (Lipinski definition) is 1. The molecule has 0 aromatic heterocycles. The molecule has 1 aromatic carbocycles. The summed E-state index contributed by atoms with van der Waals surface area (Å²) in [5.74, 6) is 0.266. The number of rotatable bonds is 7. The molecular weight excluding hydrogens is 300 g/mol. The topological polar surface area (TPSA) is 76.1 Å². The smallest absolute Gasteiger partial charge is 0.503 e. The lowest BCUT2D eigenvalue weighted by molar-refractivity contribution is 0.0788. The first-order chi connectivity index (χ1) is 10.3. The van der Waals surface area contributed by atoms with Crippen molar-refractivity contribution in [2.45, 2.75) is 26.2 Å². The number of aliphatic hydroxyl groups excluding tert-OH is 1. The van der Waals surface area contributed by atoms with Gasteiger partial charge in [0.15, 0.2) is 4.98 Å². The fourth-order valence-corrected chi connectivity index (χ4v) is 2.41. The summed E-state index contributed by atoms with van der Waals surface area (Å²) in [6.45, 7) is 9.60. The number of nitrogens with zero attached hydrogens (tertiary/aromatic N) is 2. The molecule has 1 rings (SSSR count). The summed E-state index contributed by atoms with van der Waals surface area (Å²) in [4.78, 5) is 2.99. The Morgan fingerprint density at radius 1 is 1.27 bits per heavy atom. The van der Waals surface area contributed by atoms with E-state index in [-0.39, 0.29) is 18.1 Å². The molecule has 0 bridgehead atoms. The lowest BCUT2D eigenvalue weighted by Crippen LogP contribution is -2.25. The highest BCUT2D eigenvalue weighted by Crippen LogP contribution is 2.21. The number of hydrogen-bond acceptors (Lipinski definition) is 5. The maximum absolute atomic E-state index is 9.89. The van der Waals surface area contributed by atoms with E-state index in [0.29, 0.717) is 0 Å². The number of aliphatic hydroxyl groups is 1. The molecule has 6 nitrogen and oxygen atoms in total. The molecule has 0 unspecified atom stereocenters. The summed E-state index contributed by atoms with van der Waals surface area (Å²) < 4.78 is 15.8. The standard InChI is InChI=1S/C15H20N2O4Si/c1-11(21-22(3,4)5)14(17-16)15(18)20-10-12-6-8-13(19-2)9-7-12/h6-9H,1,10H2,2-5H3/p+1/b15-14-. The predicted molar refractivity (Wildman–Crippen MR) is 86.1 cm³/mol. The summed E-state index contributed by atoms with van der Waals surface area (Å²) in [5.41, 5.74) is 0.609. The highest BCUT2D eigenvalue weighted by atomic mass is 28.4. The van der Waals surface area contributed by atoms with Crippen LogP contribution in [0.4, 0.5) is 0 Å². The first kappa shape index (κ1) is 17.6. The average molecular weight is 321 g/mol. The molecule has 0 heterocycles. The van der Waals surface area contributed by atoms with Crippen molar-refractivity contribution in [1.29, 1.82) is 5.39 Å². The van der Waals surface area contributed by atoms with Gasteiger partial charge in [-0.15, -0.1) is 0 Å². The molecule has 0 aliphatic carbocycles. The Morgan fingerprint density at radius 2 is 1.86 bits per heavy atom. The number of methoxy groups -OCH3 is 1. The summed E-state index contributed by atoms with van der Waals surface area (Å²) in [6.07, 6.45) is 0. The van der Waals surface area contributed by atoms with Gasteiger partial charge in [0.2, 0.25) is 19.5 Å². The van der Waals surface area contributed by atoms with Gasteiger partial charge in [-0.25, -0.2) is 0 Å². The van der Waals surface area contributed by atoms with E-state index in [1.807, 2.05) is 19.6 Å². The second-order valence-electron chi connectivity index (χ2n) is 5.53. The van der Waals surface area contributed by atoms with Gasteiger partial charge in [-0.05, 0) is 43.9 Å². The summed E-state index contributed by atoms with van der Waals surface area (Å²) in [7, 11) is -0.345. The van der Waals surface area contributed by atoms with Gasteiger partial charge < -0.3 is 19.0 Å². The molecule has 0 spiro atoms. The largest absolute Gasteiger partial charge is 0.539 e. The maximum atomic E-state index is 9.89. The van der Waals surface area contributed by atoms with Crippen molar-refractivity contribution in [1.82, 2.24) is 0 Å². The fraction of sp³-hybridized carbons (Fsp3) is 0.333. The Bertz CT molecular complexity index is 597. The number of diazo groups is 1. The van der Waals surface area contributed by atoms with E-state index in [1.54, 1.807) is 31.4 Å². The minimum Gasteiger partial charge on any atom is -0.539 e. The van der Waals surface area contributed by atoms with E-state index in [2.05, 4.69) is 11.6 Å². The van der Waals surface area contributed by atoms with Crippen LogP contribution < -0.4 is 4.74 Å². The van der Waals surface area contributed by atoms with Crippen LogP contribution in [-0.2, 0) is 15.8 Å². The van der Waals surface area contributed by atoms with Crippen LogP contribution in [0.1, 0.15) is 5.56 Å². The van der Waals surface area contributed by atoms with Crippen LogP contribution in [0.15, 0.2) is 48.2 Å². The maximum Gasteiger partial charge on any atom is 0.503 e. The molecule has 0 aliphatic rings. The van der Waals surface area contributed by atoms with Crippen LogP contribution in [0.2, 0.25) is 19.6 Å². The van der Waals surface area contributed by atoms with Gasteiger partial charge in [-0.2, -0.15) is 0 Å². The lowest BCUT2D eigenvalue weighted by Gasteiger charge is -2.17. The SMILES string of the molecule is C=C(O[Si](C)(C)C)/C([N+]#N)=C(\O)OCc1ccc(OC)cc1. The van der Waals surface area contributed by atoms with Gasteiger partial charge in [0.1, 0.15) is 12.4 Å². The van der Waals surface area contributed by atoms with E-state index in [0.717, 1.165) is 11.3 Å². The molecule has 0 atom stereocenters. The normalized spacial score (nSPS) is 12.0. The Hall–Kier alpha value is -2.46. The van der Waals surface area contributed by atoms with Gasteiger partial charge in [-0.1, -0.05) is 12.1 Å². The van der Waals surface area contributed by atoms with Crippen LogP contribution in [0.25, 0.3) is 4.98 Å². The van der Waals surface area contributed by atoms with Gasteiger partial charge in [-0.3, -0.25) is 0 Å². The first-order valence-electron chi connectivity index (χ1n) is 6.69. The molecule has 0 saturated heterocycles. The molecule has 22 heavy (non-hydrogen) atoms. The van der Waals surface area contributed by atoms with Gasteiger partial charge in [0.05, 0.1) is 7.11 Å². The van der Waals surface area contributed by atoms with Crippen molar-refractivity contribution in [3.05, 3.63) is 58.8 Å². The van der Waals surface area contributed by atoms with Gasteiger partial charge in [0.25, 0.3) is 0 Å². The zero-order valence-electron chi connectivity index (χ0n) is 13.3. The summed E-state index contributed by atoms with van der Waals surface area (Å²) >= 11 is 0. The first-order valence-corrected chi connectivity index (χ1v) is 10.1. The van der Waals surface area contributed by atoms with Gasteiger partial charge in [0, 0.05) is 0 Å². The zero-order valence-corrected chi connectivity index (χ0v) is 14.3. The van der Waals surface area contributed by atoms with Crippen molar-refractivity contribution in [3.63, 3.8) is 0 Å². The van der Waals surface area contributed by atoms with Crippen LogP contribution in [0, 0.1) is 5.39 Å². The molecule has 0 aliphatic heterocycles. The van der Waals surface area contributed by atoms with E-state index in [4.69, 9.17) is 19.3 Å². The molecule has 0 radical (unpaired) electrons. The average Bonchev–Trinajstić information content (AvgIpc) is 2.44. The molecule has 0 saturated carbocycles. The van der Waals surface area contributed by atoms with Crippen LogP contribution in [-0.4, -0.2) is 20.5 Å². The van der Waals surface area contributed by atoms with E-state index in [1.165, 1.54) is 0 Å². The highest BCUT2D eigenvalue weighted by Gasteiger charge is 2.30. The van der Waals surface area contributed by atoms with Crippen LogP contribution in [0.5, 0.6) is 5.75 Å². The molecule has 0 amide bonds. The molecule has 7 heteroatoms. The Morgan fingerprint density at radius 3 is 2.32 bits per heavy atom. The summed E-state index contributed by atoms with van der Waals surface area (Å²) in [6, 6.07) is 7.17. The summed E-state index contributed by atoms with van der Waals surface area (Å²) in [5, 5.41) is 18.9. The minimum atomic E-state index is -1.93. The van der Waals surface area contributed by atoms with E-state index < -0.39 is 14.3 Å². The Balaban J connectivity index is 2.76. The fourth-order valence-electron chi connectivity index (χ4n) is 1.58. The molecular formula is C15H21N2O4Si+. The molecule has 118 valence electrons. The molecule has 1 aromatic rings. The number of benzene rings is 1. The van der Waals surface area contributed by atoms with Crippen molar-refractivity contribution in [2.24, 2.45) is 0 Å². The molecule has 1 N–H and O–H groups in total. The lowest BCUT2D eigenvalue weighted by atomic mass is 10.2. The van der Waals surface area contributed by atoms with Crippen LogP contribution in [0.3, 0.4) is 0 Å².